The second-order valence-corrected chi connectivity index (χ2v) is 5.03. The lowest BCUT2D eigenvalue weighted by molar-refractivity contribution is -0.122. The number of fused-ring (bicyclic) bond motifs is 1. The van der Waals surface area contributed by atoms with E-state index >= 15 is 0 Å². The van der Waals surface area contributed by atoms with Crippen LogP contribution in [0.3, 0.4) is 0 Å². The van der Waals surface area contributed by atoms with Crippen LogP contribution in [-0.2, 0) is 4.79 Å². The molecule has 1 aliphatic rings. The first kappa shape index (κ1) is 15.1. The molecule has 0 radical (unpaired) electrons. The number of rotatable bonds is 5. The molecular weight excluding hydrogens is 301 g/mol. The van der Waals surface area contributed by atoms with Crippen molar-refractivity contribution in [2.75, 3.05) is 12.1 Å². The number of hydrogen-bond acceptors (Lipinski definition) is 4. The highest BCUT2D eigenvalue weighted by Crippen LogP contribution is 2.35. The Balaban J connectivity index is 1.68. The molecule has 1 heterocycles. The molecule has 120 valence electrons. The number of ether oxygens (including phenoxy) is 3. The van der Waals surface area contributed by atoms with Crippen LogP contribution in [0.1, 0.15) is 13.3 Å². The SMILES string of the molecule is CCC(Oc1ccc2c(c1)OCO2)C(=O)Nc1cccc(F)c1. The maximum Gasteiger partial charge on any atom is 0.265 e. The van der Waals surface area contributed by atoms with Crippen molar-refractivity contribution in [3.8, 4) is 17.2 Å². The molecule has 0 bridgehead atoms. The minimum Gasteiger partial charge on any atom is -0.480 e. The van der Waals surface area contributed by atoms with E-state index in [2.05, 4.69) is 5.32 Å². The Kier molecular flexibility index (Phi) is 4.32. The maximum atomic E-state index is 13.2. The summed E-state index contributed by atoms with van der Waals surface area (Å²) < 4.78 is 29.4. The van der Waals surface area contributed by atoms with Crippen molar-refractivity contribution >= 4 is 11.6 Å². The number of halogens is 1. The highest BCUT2D eigenvalue weighted by Gasteiger charge is 2.20. The molecule has 1 amide bonds. The largest absolute Gasteiger partial charge is 0.480 e. The van der Waals surface area contributed by atoms with Crippen molar-refractivity contribution in [3.05, 3.63) is 48.3 Å². The van der Waals surface area contributed by atoms with Gasteiger partial charge in [-0.2, -0.15) is 0 Å². The van der Waals surface area contributed by atoms with E-state index in [0.29, 0.717) is 29.4 Å². The summed E-state index contributed by atoms with van der Waals surface area (Å²) in [6.07, 6.45) is -0.228. The summed E-state index contributed by atoms with van der Waals surface area (Å²) in [5.41, 5.74) is 0.391. The van der Waals surface area contributed by atoms with Crippen molar-refractivity contribution in [1.82, 2.24) is 0 Å². The quantitative estimate of drug-likeness (QED) is 0.919. The first-order valence-electron chi connectivity index (χ1n) is 7.28. The second-order valence-electron chi connectivity index (χ2n) is 5.03. The van der Waals surface area contributed by atoms with Crippen LogP contribution in [0.25, 0.3) is 0 Å². The number of nitrogens with one attached hydrogen (secondary N) is 1. The number of amides is 1. The Hall–Kier alpha value is -2.76. The molecule has 2 aromatic rings. The molecule has 23 heavy (non-hydrogen) atoms. The van der Waals surface area contributed by atoms with Gasteiger partial charge in [-0.15, -0.1) is 0 Å². The van der Waals surface area contributed by atoms with E-state index in [1.165, 1.54) is 18.2 Å². The van der Waals surface area contributed by atoms with Crippen LogP contribution in [0.2, 0.25) is 0 Å². The minimum absolute atomic E-state index is 0.177. The van der Waals surface area contributed by atoms with Crippen LogP contribution in [-0.4, -0.2) is 18.8 Å². The molecule has 3 rings (SSSR count). The Labute approximate surface area is 133 Å². The van der Waals surface area contributed by atoms with Crippen molar-refractivity contribution in [2.24, 2.45) is 0 Å². The fraction of sp³-hybridized carbons (Fsp3) is 0.235. The van der Waals surface area contributed by atoms with Gasteiger partial charge >= 0.3 is 0 Å². The van der Waals surface area contributed by atoms with Gasteiger partial charge in [0, 0.05) is 11.8 Å². The molecular formula is C17H16FNO4. The van der Waals surface area contributed by atoms with Gasteiger partial charge in [0.1, 0.15) is 11.6 Å². The van der Waals surface area contributed by atoms with Gasteiger partial charge in [0.25, 0.3) is 5.91 Å². The Morgan fingerprint density at radius 1 is 1.26 bits per heavy atom. The maximum absolute atomic E-state index is 13.2. The van der Waals surface area contributed by atoms with Gasteiger partial charge in [0.15, 0.2) is 17.6 Å². The molecule has 1 atom stereocenters. The predicted octanol–water partition coefficient (Wildman–Crippen LogP) is 3.35. The molecule has 0 aromatic heterocycles. The van der Waals surface area contributed by atoms with E-state index in [9.17, 15) is 9.18 Å². The van der Waals surface area contributed by atoms with E-state index in [1.807, 2.05) is 6.92 Å². The van der Waals surface area contributed by atoms with Crippen molar-refractivity contribution < 1.29 is 23.4 Å². The molecule has 5 nitrogen and oxygen atoms in total. The lowest BCUT2D eigenvalue weighted by Crippen LogP contribution is -2.32. The van der Waals surface area contributed by atoms with Crippen molar-refractivity contribution in [1.29, 1.82) is 0 Å². The molecule has 0 spiro atoms. The molecule has 0 aliphatic carbocycles. The first-order valence-corrected chi connectivity index (χ1v) is 7.28. The molecule has 0 fully saturated rings. The van der Waals surface area contributed by atoms with Crippen molar-refractivity contribution in [2.45, 2.75) is 19.4 Å². The zero-order valence-electron chi connectivity index (χ0n) is 12.5. The number of carbonyl (C=O) groups excluding carboxylic acids is 1. The summed E-state index contributed by atoms with van der Waals surface area (Å²) in [4.78, 5) is 12.3. The van der Waals surface area contributed by atoms with Gasteiger partial charge in [-0.1, -0.05) is 13.0 Å². The summed E-state index contributed by atoms with van der Waals surface area (Å²) in [7, 11) is 0. The fourth-order valence-electron chi connectivity index (χ4n) is 2.23. The fourth-order valence-corrected chi connectivity index (χ4v) is 2.23. The highest BCUT2D eigenvalue weighted by atomic mass is 19.1. The second kappa shape index (κ2) is 6.56. The van der Waals surface area contributed by atoms with E-state index in [-0.39, 0.29) is 12.7 Å². The Bertz CT molecular complexity index is 719. The van der Waals surface area contributed by atoms with Crippen molar-refractivity contribution in [3.63, 3.8) is 0 Å². The van der Waals surface area contributed by atoms with Crippen LogP contribution in [0.4, 0.5) is 10.1 Å². The summed E-state index contributed by atoms with van der Waals surface area (Å²) in [5.74, 6) is 0.997. The van der Waals surface area contributed by atoms with Crippen LogP contribution in [0.15, 0.2) is 42.5 Å². The van der Waals surface area contributed by atoms with Gasteiger partial charge in [-0.3, -0.25) is 4.79 Å². The predicted molar refractivity (Wildman–Crippen MR) is 82.3 cm³/mol. The van der Waals surface area contributed by atoms with Gasteiger partial charge < -0.3 is 19.5 Å². The Morgan fingerprint density at radius 2 is 2.09 bits per heavy atom. The van der Waals surface area contributed by atoms with E-state index in [4.69, 9.17) is 14.2 Å². The molecule has 1 aliphatic heterocycles. The third-order valence-corrected chi connectivity index (χ3v) is 3.38. The number of anilines is 1. The van der Waals surface area contributed by atoms with Gasteiger partial charge in [-0.05, 0) is 36.8 Å². The Morgan fingerprint density at radius 3 is 2.87 bits per heavy atom. The normalized spacial score (nSPS) is 13.5. The monoisotopic (exact) mass is 317 g/mol. The number of benzene rings is 2. The molecule has 0 saturated carbocycles. The highest BCUT2D eigenvalue weighted by molar-refractivity contribution is 5.94. The topological polar surface area (TPSA) is 56.8 Å². The van der Waals surface area contributed by atoms with Crippen LogP contribution in [0, 0.1) is 5.82 Å². The zero-order valence-corrected chi connectivity index (χ0v) is 12.5. The number of carbonyl (C=O) groups is 1. The number of hydrogen-bond donors (Lipinski definition) is 1. The summed E-state index contributed by atoms with van der Waals surface area (Å²) in [6, 6.07) is 10.8. The standard InChI is InChI=1S/C17H16FNO4/c1-2-14(17(20)19-12-5-3-4-11(18)8-12)23-13-6-7-15-16(9-13)22-10-21-15/h3-9,14H,2,10H2,1H3,(H,19,20). The third-order valence-electron chi connectivity index (χ3n) is 3.38. The lowest BCUT2D eigenvalue weighted by atomic mass is 10.2. The van der Waals surface area contributed by atoms with Gasteiger partial charge in [0.05, 0.1) is 0 Å². The molecule has 0 saturated heterocycles. The lowest BCUT2D eigenvalue weighted by Gasteiger charge is -2.17. The zero-order chi connectivity index (χ0) is 16.2. The van der Waals surface area contributed by atoms with E-state index in [1.54, 1.807) is 24.3 Å². The first-order chi connectivity index (χ1) is 11.2. The third kappa shape index (κ3) is 3.53. The average molecular weight is 317 g/mol. The van der Waals surface area contributed by atoms with Gasteiger partial charge in [0.2, 0.25) is 6.79 Å². The minimum atomic E-state index is -0.696. The molecule has 2 aromatic carbocycles. The van der Waals surface area contributed by atoms with Gasteiger partial charge in [-0.25, -0.2) is 4.39 Å². The summed E-state index contributed by atoms with van der Waals surface area (Å²) in [6.45, 7) is 2.01. The summed E-state index contributed by atoms with van der Waals surface area (Å²) >= 11 is 0. The van der Waals surface area contributed by atoms with E-state index in [0.717, 1.165) is 0 Å². The smallest absolute Gasteiger partial charge is 0.265 e. The van der Waals surface area contributed by atoms with Crippen LogP contribution < -0.4 is 19.5 Å². The van der Waals surface area contributed by atoms with Crippen LogP contribution >= 0.6 is 0 Å². The average Bonchev–Trinajstić information content (AvgIpc) is 3.00. The summed E-state index contributed by atoms with van der Waals surface area (Å²) in [5, 5.41) is 2.65. The molecule has 1 unspecified atom stereocenters. The molecule has 6 heteroatoms. The van der Waals surface area contributed by atoms with Crippen LogP contribution in [0.5, 0.6) is 17.2 Å². The van der Waals surface area contributed by atoms with E-state index < -0.39 is 11.9 Å². The molecule has 1 N–H and O–H groups in total.